The number of methoxy groups -OCH3 is 1. The van der Waals surface area contributed by atoms with Crippen LogP contribution in [-0.4, -0.2) is 48.1 Å². The van der Waals surface area contributed by atoms with E-state index in [-0.39, 0.29) is 0 Å². The first-order valence-corrected chi connectivity index (χ1v) is 6.50. The molecule has 0 aromatic carbocycles. The topological polar surface area (TPSA) is 60.7 Å². The number of nitrogens with one attached hydrogen (secondary N) is 1. The molecule has 2 aromatic heterocycles. The van der Waals surface area contributed by atoms with Gasteiger partial charge >= 0.3 is 0 Å². The number of rotatable bonds is 8. The van der Waals surface area contributed by atoms with Gasteiger partial charge in [0.2, 0.25) is 5.95 Å². The third-order valence-corrected chi connectivity index (χ3v) is 2.70. The van der Waals surface area contributed by atoms with Crippen LogP contribution >= 0.6 is 11.6 Å². The van der Waals surface area contributed by atoms with Crippen LogP contribution in [0.1, 0.15) is 6.42 Å². The Morgan fingerprint density at radius 1 is 1.32 bits per heavy atom. The van der Waals surface area contributed by atoms with Crippen molar-refractivity contribution in [1.29, 1.82) is 0 Å². The number of nitrogens with zero attached hydrogens (tertiary/aromatic N) is 3. The summed E-state index contributed by atoms with van der Waals surface area (Å²) in [7, 11) is 1.66. The molecule has 6 nitrogen and oxygen atoms in total. The molecule has 0 unspecified atom stereocenters. The van der Waals surface area contributed by atoms with Gasteiger partial charge in [-0.1, -0.05) is 11.6 Å². The minimum absolute atomic E-state index is 0.596. The lowest BCUT2D eigenvalue weighted by atomic mass is 10.4. The molecule has 0 saturated heterocycles. The average Bonchev–Trinajstić information content (AvgIpc) is 2.79. The molecule has 0 saturated carbocycles. The van der Waals surface area contributed by atoms with Gasteiger partial charge in [-0.25, -0.2) is 4.52 Å². The highest BCUT2D eigenvalue weighted by Crippen LogP contribution is 2.11. The van der Waals surface area contributed by atoms with Gasteiger partial charge in [-0.3, -0.25) is 0 Å². The van der Waals surface area contributed by atoms with Crippen molar-refractivity contribution >= 4 is 23.2 Å². The quantitative estimate of drug-likeness (QED) is 0.750. The first-order chi connectivity index (χ1) is 9.29. The molecular formula is C12H17ClN4O2. The zero-order valence-electron chi connectivity index (χ0n) is 10.8. The lowest BCUT2D eigenvalue weighted by Crippen LogP contribution is -2.09. The summed E-state index contributed by atoms with van der Waals surface area (Å²) in [6.07, 6.45) is 2.61. The van der Waals surface area contributed by atoms with Crippen molar-refractivity contribution in [3.05, 3.63) is 23.4 Å². The van der Waals surface area contributed by atoms with Crippen LogP contribution in [0.5, 0.6) is 0 Å². The number of anilines is 1. The summed E-state index contributed by atoms with van der Waals surface area (Å²) in [6, 6.07) is 3.62. The second-order valence-electron chi connectivity index (χ2n) is 3.97. The Bertz CT molecular complexity index is 517. The maximum Gasteiger partial charge on any atom is 0.243 e. The average molecular weight is 285 g/mol. The number of fused-ring (bicyclic) bond motifs is 1. The molecule has 0 atom stereocenters. The van der Waals surface area contributed by atoms with Crippen LogP contribution in [0.25, 0.3) is 5.65 Å². The van der Waals surface area contributed by atoms with Gasteiger partial charge in [-0.2, -0.15) is 4.98 Å². The highest BCUT2D eigenvalue weighted by atomic mass is 35.5. The van der Waals surface area contributed by atoms with Crippen molar-refractivity contribution in [2.45, 2.75) is 6.42 Å². The molecule has 104 valence electrons. The van der Waals surface area contributed by atoms with E-state index in [1.54, 1.807) is 23.9 Å². The van der Waals surface area contributed by atoms with Crippen molar-refractivity contribution in [3.8, 4) is 0 Å². The van der Waals surface area contributed by atoms with Gasteiger partial charge < -0.3 is 14.8 Å². The molecule has 2 aromatic rings. The van der Waals surface area contributed by atoms with E-state index in [9.17, 15) is 0 Å². The SMILES string of the molecule is COCCOCCCNc1nc2ccc(Cl)cn2n1. The summed E-state index contributed by atoms with van der Waals surface area (Å²) in [5, 5.41) is 8.05. The van der Waals surface area contributed by atoms with Crippen molar-refractivity contribution in [2.75, 3.05) is 38.8 Å². The van der Waals surface area contributed by atoms with Gasteiger partial charge in [0.15, 0.2) is 5.65 Å². The molecule has 0 aliphatic carbocycles. The van der Waals surface area contributed by atoms with Crippen LogP contribution in [0, 0.1) is 0 Å². The normalized spacial score (nSPS) is 11.1. The second-order valence-corrected chi connectivity index (χ2v) is 4.41. The second kappa shape index (κ2) is 7.28. The van der Waals surface area contributed by atoms with Crippen molar-refractivity contribution in [3.63, 3.8) is 0 Å². The first kappa shape index (κ1) is 14.0. The predicted molar refractivity (Wildman–Crippen MR) is 73.8 cm³/mol. The Balaban J connectivity index is 1.72. The summed E-state index contributed by atoms with van der Waals surface area (Å²) >= 11 is 5.88. The molecule has 0 bridgehead atoms. The fourth-order valence-corrected chi connectivity index (χ4v) is 1.71. The van der Waals surface area contributed by atoms with Crippen LogP contribution in [0.2, 0.25) is 5.02 Å². The molecule has 0 aliphatic heterocycles. The van der Waals surface area contributed by atoms with Crippen LogP contribution in [0.15, 0.2) is 18.3 Å². The maximum atomic E-state index is 5.88. The van der Waals surface area contributed by atoms with Crippen molar-refractivity contribution < 1.29 is 9.47 Å². The van der Waals surface area contributed by atoms with Gasteiger partial charge in [-0.05, 0) is 18.6 Å². The molecule has 2 heterocycles. The largest absolute Gasteiger partial charge is 0.382 e. The van der Waals surface area contributed by atoms with Gasteiger partial charge in [0.1, 0.15) is 0 Å². The fraction of sp³-hybridized carbons (Fsp3) is 0.500. The zero-order valence-corrected chi connectivity index (χ0v) is 11.6. The summed E-state index contributed by atoms with van der Waals surface area (Å²) in [5.74, 6) is 0.596. The Labute approximate surface area is 116 Å². The Morgan fingerprint density at radius 3 is 3.05 bits per heavy atom. The number of aromatic nitrogens is 3. The smallest absolute Gasteiger partial charge is 0.243 e. The van der Waals surface area contributed by atoms with Gasteiger partial charge in [0, 0.05) is 26.5 Å². The van der Waals surface area contributed by atoms with Gasteiger partial charge in [-0.15, -0.1) is 5.10 Å². The van der Waals surface area contributed by atoms with E-state index in [1.807, 2.05) is 6.07 Å². The van der Waals surface area contributed by atoms with Crippen molar-refractivity contribution in [1.82, 2.24) is 14.6 Å². The van der Waals surface area contributed by atoms with E-state index in [2.05, 4.69) is 15.4 Å². The van der Waals surface area contributed by atoms with Crippen LogP contribution in [0.3, 0.4) is 0 Å². The highest BCUT2D eigenvalue weighted by Gasteiger charge is 2.02. The molecule has 19 heavy (non-hydrogen) atoms. The zero-order chi connectivity index (χ0) is 13.5. The first-order valence-electron chi connectivity index (χ1n) is 6.12. The number of hydrogen-bond acceptors (Lipinski definition) is 5. The summed E-state index contributed by atoms with van der Waals surface area (Å²) < 4.78 is 11.9. The predicted octanol–water partition coefficient (Wildman–Crippen LogP) is 1.85. The highest BCUT2D eigenvalue weighted by molar-refractivity contribution is 6.30. The number of ether oxygens (including phenoxy) is 2. The summed E-state index contributed by atoms with van der Waals surface area (Å²) in [6.45, 7) is 2.71. The summed E-state index contributed by atoms with van der Waals surface area (Å²) in [5.41, 5.74) is 0.767. The van der Waals surface area contributed by atoms with E-state index in [0.29, 0.717) is 30.8 Å². The Kier molecular flexibility index (Phi) is 5.38. The minimum atomic E-state index is 0.596. The third kappa shape index (κ3) is 4.34. The van der Waals surface area contributed by atoms with Crippen LogP contribution < -0.4 is 5.32 Å². The van der Waals surface area contributed by atoms with E-state index in [4.69, 9.17) is 21.1 Å². The van der Waals surface area contributed by atoms with E-state index < -0.39 is 0 Å². The molecular weight excluding hydrogens is 268 g/mol. The molecule has 0 fully saturated rings. The van der Waals surface area contributed by atoms with Crippen molar-refractivity contribution in [2.24, 2.45) is 0 Å². The lowest BCUT2D eigenvalue weighted by molar-refractivity contribution is 0.0705. The fourth-order valence-electron chi connectivity index (χ4n) is 1.55. The van der Waals surface area contributed by atoms with Crippen LogP contribution in [-0.2, 0) is 9.47 Å². The maximum absolute atomic E-state index is 5.88. The molecule has 7 heteroatoms. The van der Waals surface area contributed by atoms with Gasteiger partial charge in [0.25, 0.3) is 0 Å². The Hall–Kier alpha value is -1.37. The third-order valence-electron chi connectivity index (χ3n) is 2.48. The molecule has 1 N–H and O–H groups in total. The van der Waals surface area contributed by atoms with E-state index in [1.165, 1.54) is 0 Å². The summed E-state index contributed by atoms with van der Waals surface area (Å²) in [4.78, 5) is 4.32. The van der Waals surface area contributed by atoms with E-state index in [0.717, 1.165) is 18.6 Å². The monoisotopic (exact) mass is 284 g/mol. The molecule has 0 radical (unpaired) electrons. The van der Waals surface area contributed by atoms with Gasteiger partial charge in [0.05, 0.1) is 18.2 Å². The standard InChI is InChI=1S/C12H17ClN4O2/c1-18-7-8-19-6-2-5-14-12-15-11-4-3-10(13)9-17(11)16-12/h3-4,9H,2,5-8H2,1H3,(H,14,16). The molecule has 0 aliphatic rings. The van der Waals surface area contributed by atoms with Crippen LogP contribution in [0.4, 0.5) is 5.95 Å². The molecule has 2 rings (SSSR count). The van der Waals surface area contributed by atoms with E-state index >= 15 is 0 Å². The lowest BCUT2D eigenvalue weighted by Gasteiger charge is -2.03. The number of halogens is 1. The number of pyridine rings is 1. The molecule has 0 spiro atoms. The Morgan fingerprint density at radius 2 is 2.21 bits per heavy atom. The molecule has 0 amide bonds. The minimum Gasteiger partial charge on any atom is -0.382 e. The number of hydrogen-bond donors (Lipinski definition) is 1.